The summed E-state index contributed by atoms with van der Waals surface area (Å²) in [5.74, 6) is -0.998. The van der Waals surface area contributed by atoms with Crippen molar-refractivity contribution in [1.29, 1.82) is 0 Å². The maximum Gasteiger partial charge on any atom is 0.169 e. The second-order valence-electron chi connectivity index (χ2n) is 10.9. The number of halogens is 3. The van der Waals surface area contributed by atoms with Crippen LogP contribution in [0.2, 0.25) is 0 Å². The van der Waals surface area contributed by atoms with E-state index < -0.39 is 17.5 Å². The second-order valence-corrected chi connectivity index (χ2v) is 10.9. The van der Waals surface area contributed by atoms with Gasteiger partial charge in [-0.3, -0.25) is 0 Å². The molecule has 198 valence electrons. The van der Waals surface area contributed by atoms with Crippen LogP contribution in [0.1, 0.15) is 89.2 Å². The highest BCUT2D eigenvalue weighted by atomic mass is 19.2. The molecule has 0 nitrogen and oxygen atoms in total. The molecule has 0 heterocycles. The summed E-state index contributed by atoms with van der Waals surface area (Å²) in [7, 11) is 0. The van der Waals surface area contributed by atoms with Gasteiger partial charge in [-0.2, -0.15) is 0 Å². The molecule has 0 atom stereocenters. The monoisotopic (exact) mass is 506 g/mol. The Kier molecular flexibility index (Phi) is 9.88. The minimum absolute atomic E-state index is 0.265. The predicted octanol–water partition coefficient (Wildman–Crippen LogP) is 10.8. The van der Waals surface area contributed by atoms with Gasteiger partial charge in [0.1, 0.15) is 5.82 Å². The molecule has 0 N–H and O–H groups in total. The van der Waals surface area contributed by atoms with Crippen LogP contribution in [0.25, 0.3) is 21.9 Å². The summed E-state index contributed by atoms with van der Waals surface area (Å²) in [6.45, 7) is 4.16. The molecule has 0 bridgehead atoms. The Balaban J connectivity index is 1.40. The molecule has 0 saturated heterocycles. The van der Waals surface area contributed by atoms with Crippen molar-refractivity contribution in [3.63, 3.8) is 0 Å². The van der Waals surface area contributed by atoms with E-state index >= 15 is 4.39 Å². The minimum Gasteiger partial charge on any atom is -0.206 e. The van der Waals surface area contributed by atoms with Gasteiger partial charge in [-0.1, -0.05) is 107 Å². The summed E-state index contributed by atoms with van der Waals surface area (Å²) < 4.78 is 45.1. The van der Waals surface area contributed by atoms with E-state index in [-0.39, 0.29) is 10.9 Å². The topological polar surface area (TPSA) is 0 Å². The highest BCUT2D eigenvalue weighted by Crippen LogP contribution is 2.35. The van der Waals surface area contributed by atoms with E-state index in [1.807, 2.05) is 31.2 Å². The first-order chi connectivity index (χ1) is 18.0. The van der Waals surface area contributed by atoms with Gasteiger partial charge in [0.25, 0.3) is 0 Å². The van der Waals surface area contributed by atoms with Crippen molar-refractivity contribution < 1.29 is 13.2 Å². The molecular formula is C34H41F3. The van der Waals surface area contributed by atoms with Crippen LogP contribution in [-0.2, 0) is 12.8 Å². The average molecular weight is 507 g/mol. The molecule has 0 radical (unpaired) electrons. The minimum atomic E-state index is -1.09. The van der Waals surface area contributed by atoms with E-state index in [0.29, 0.717) is 29.4 Å². The van der Waals surface area contributed by atoms with Crippen LogP contribution >= 0.6 is 0 Å². The van der Waals surface area contributed by atoms with Gasteiger partial charge in [0.15, 0.2) is 11.6 Å². The van der Waals surface area contributed by atoms with Crippen LogP contribution in [0.4, 0.5) is 13.2 Å². The van der Waals surface area contributed by atoms with Crippen LogP contribution < -0.4 is 0 Å². The molecule has 0 aliphatic heterocycles. The third-order valence-electron chi connectivity index (χ3n) is 8.30. The summed E-state index contributed by atoms with van der Waals surface area (Å²) in [4.78, 5) is 0. The molecule has 3 heteroatoms. The number of allylic oxidation sites excluding steroid dienone is 2. The lowest BCUT2D eigenvalue weighted by atomic mass is 9.78. The van der Waals surface area contributed by atoms with Crippen molar-refractivity contribution in [3.8, 4) is 11.1 Å². The van der Waals surface area contributed by atoms with Gasteiger partial charge in [-0.05, 0) is 72.6 Å². The zero-order valence-corrected chi connectivity index (χ0v) is 22.5. The Morgan fingerprint density at radius 1 is 0.784 bits per heavy atom. The van der Waals surface area contributed by atoms with Gasteiger partial charge < -0.3 is 0 Å². The smallest absolute Gasteiger partial charge is 0.169 e. The first-order valence-electron chi connectivity index (χ1n) is 14.3. The molecule has 1 fully saturated rings. The van der Waals surface area contributed by atoms with Gasteiger partial charge in [0.2, 0.25) is 0 Å². The Labute approximate surface area is 221 Å². The lowest BCUT2D eigenvalue weighted by Crippen LogP contribution is -2.15. The largest absolute Gasteiger partial charge is 0.206 e. The summed E-state index contributed by atoms with van der Waals surface area (Å²) in [5, 5.41) is 0.131. The van der Waals surface area contributed by atoms with Gasteiger partial charge in [-0.15, -0.1) is 0 Å². The second kappa shape index (κ2) is 13.3. The molecule has 3 aromatic rings. The predicted molar refractivity (Wildman–Crippen MR) is 150 cm³/mol. The van der Waals surface area contributed by atoms with Crippen molar-refractivity contribution in [2.45, 2.75) is 90.9 Å². The summed E-state index contributed by atoms with van der Waals surface area (Å²) in [6.07, 6.45) is 17.9. The fourth-order valence-electron chi connectivity index (χ4n) is 5.96. The summed E-state index contributed by atoms with van der Waals surface area (Å²) >= 11 is 0. The SMILES string of the molecule is C/C=C/CCc1cc2ccc(-c3ccc(CCC4CCC(CCCCC)CC4)cc3)c(F)c2c(F)c1F. The Bertz CT molecular complexity index is 1180. The maximum atomic E-state index is 15.4. The van der Waals surface area contributed by atoms with E-state index in [4.69, 9.17) is 0 Å². The number of hydrogen-bond acceptors (Lipinski definition) is 0. The first-order valence-corrected chi connectivity index (χ1v) is 14.3. The normalized spacial score (nSPS) is 18.2. The Morgan fingerprint density at radius 3 is 2.16 bits per heavy atom. The van der Waals surface area contributed by atoms with Gasteiger partial charge in [0.05, 0.1) is 5.39 Å². The average Bonchev–Trinajstić information content (AvgIpc) is 2.91. The van der Waals surface area contributed by atoms with Crippen LogP contribution in [-0.4, -0.2) is 0 Å². The van der Waals surface area contributed by atoms with Crippen LogP contribution in [0.15, 0.2) is 54.6 Å². The van der Waals surface area contributed by atoms with Crippen LogP contribution in [0, 0.1) is 29.3 Å². The van der Waals surface area contributed by atoms with Crippen molar-refractivity contribution in [2.24, 2.45) is 11.8 Å². The number of benzene rings is 3. The van der Waals surface area contributed by atoms with Gasteiger partial charge in [0, 0.05) is 5.56 Å². The van der Waals surface area contributed by atoms with Gasteiger partial charge in [-0.25, -0.2) is 13.2 Å². The highest BCUT2D eigenvalue weighted by molar-refractivity contribution is 5.89. The molecular weight excluding hydrogens is 465 g/mol. The number of rotatable bonds is 11. The van der Waals surface area contributed by atoms with Crippen LogP contribution in [0.5, 0.6) is 0 Å². The van der Waals surface area contributed by atoms with E-state index in [2.05, 4.69) is 19.1 Å². The molecule has 0 spiro atoms. The summed E-state index contributed by atoms with van der Waals surface area (Å²) in [5.41, 5.74) is 2.52. The zero-order chi connectivity index (χ0) is 26.2. The van der Waals surface area contributed by atoms with Crippen molar-refractivity contribution in [2.75, 3.05) is 0 Å². The van der Waals surface area contributed by atoms with Crippen molar-refractivity contribution in [1.82, 2.24) is 0 Å². The quantitative estimate of drug-likeness (QED) is 0.179. The van der Waals surface area contributed by atoms with Crippen molar-refractivity contribution >= 4 is 10.8 Å². The zero-order valence-electron chi connectivity index (χ0n) is 22.5. The number of unbranched alkanes of at least 4 members (excludes halogenated alkanes) is 2. The Hall–Kier alpha value is -2.55. The molecule has 1 aliphatic rings. The van der Waals surface area contributed by atoms with E-state index in [9.17, 15) is 8.78 Å². The fourth-order valence-corrected chi connectivity index (χ4v) is 5.96. The number of hydrogen-bond donors (Lipinski definition) is 0. The standard InChI is InChI=1S/C34H41F3/c1-3-5-7-9-24-11-13-25(14-12-24)15-16-26-17-19-27(20-18-26)30-22-21-28-23-29(10-8-6-4-2)32(35)34(37)31(28)33(30)36/h4,6,17-25H,3,5,7-16H2,1-2H3/b6-4+. The number of aryl methyl sites for hydroxylation is 2. The maximum absolute atomic E-state index is 15.4. The fraction of sp³-hybridized carbons (Fsp3) is 0.471. The first kappa shape index (κ1) is 27.5. The Morgan fingerprint density at radius 2 is 1.49 bits per heavy atom. The molecule has 1 aliphatic carbocycles. The molecule has 0 unspecified atom stereocenters. The number of fused-ring (bicyclic) bond motifs is 1. The van der Waals surface area contributed by atoms with Crippen molar-refractivity contribution in [3.05, 3.63) is 83.2 Å². The lowest BCUT2D eigenvalue weighted by Gasteiger charge is -2.28. The molecule has 3 aromatic carbocycles. The summed E-state index contributed by atoms with van der Waals surface area (Å²) in [6, 6.07) is 12.9. The van der Waals surface area contributed by atoms with E-state index in [1.54, 1.807) is 18.2 Å². The van der Waals surface area contributed by atoms with E-state index in [1.165, 1.54) is 63.4 Å². The molecule has 1 saturated carbocycles. The molecule has 37 heavy (non-hydrogen) atoms. The highest BCUT2D eigenvalue weighted by Gasteiger charge is 2.21. The lowest BCUT2D eigenvalue weighted by molar-refractivity contribution is 0.249. The molecule has 0 aromatic heterocycles. The third-order valence-corrected chi connectivity index (χ3v) is 8.30. The van der Waals surface area contributed by atoms with Gasteiger partial charge >= 0.3 is 0 Å². The van der Waals surface area contributed by atoms with E-state index in [0.717, 1.165) is 18.3 Å². The third kappa shape index (κ3) is 6.86. The molecule has 0 amide bonds. The molecule has 4 rings (SSSR count). The van der Waals surface area contributed by atoms with Crippen LogP contribution in [0.3, 0.4) is 0 Å².